The Kier molecular flexibility index (Phi) is 4.44. The fourth-order valence-corrected chi connectivity index (χ4v) is 2.64. The van der Waals surface area contributed by atoms with Crippen molar-refractivity contribution < 1.29 is 9.59 Å². The van der Waals surface area contributed by atoms with E-state index in [9.17, 15) is 9.59 Å². The normalized spacial score (nSPS) is 10.1. The predicted octanol–water partition coefficient (Wildman–Crippen LogP) is 3.65. The van der Waals surface area contributed by atoms with E-state index in [2.05, 4.69) is 15.6 Å². The van der Waals surface area contributed by atoms with Gasteiger partial charge in [-0.15, -0.1) is 11.3 Å². The fraction of sp³-hybridized carbons (Fsp3) is 0. The van der Waals surface area contributed by atoms with Crippen LogP contribution in [0.2, 0.25) is 0 Å². The minimum absolute atomic E-state index is 0.235. The summed E-state index contributed by atoms with van der Waals surface area (Å²) in [4.78, 5) is 29.1. The second kappa shape index (κ2) is 6.85. The summed E-state index contributed by atoms with van der Waals surface area (Å²) in [6, 6.07) is 13.9. The molecule has 2 N–H and O–H groups in total. The van der Waals surface area contributed by atoms with E-state index >= 15 is 0 Å². The molecule has 0 aliphatic heterocycles. The van der Waals surface area contributed by atoms with Crippen LogP contribution in [-0.4, -0.2) is 16.8 Å². The first kappa shape index (κ1) is 14.9. The summed E-state index contributed by atoms with van der Waals surface area (Å²) in [6.45, 7) is 0. The summed E-state index contributed by atoms with van der Waals surface area (Å²) in [6.07, 6.45) is 3.19. The molecule has 0 aliphatic rings. The molecule has 2 amide bonds. The minimum Gasteiger partial charge on any atom is -0.321 e. The largest absolute Gasteiger partial charge is 0.321 e. The Morgan fingerprint density at radius 3 is 2.52 bits per heavy atom. The highest BCUT2D eigenvalue weighted by molar-refractivity contribution is 7.12. The Bertz CT molecular complexity index is 817. The molecule has 114 valence electrons. The molecule has 3 rings (SSSR count). The van der Waals surface area contributed by atoms with Gasteiger partial charge in [0.05, 0.1) is 28.0 Å². The molecule has 2 aromatic heterocycles. The van der Waals surface area contributed by atoms with Gasteiger partial charge >= 0.3 is 0 Å². The first-order chi connectivity index (χ1) is 11.2. The van der Waals surface area contributed by atoms with E-state index in [0.717, 1.165) is 0 Å². The number of pyridine rings is 1. The van der Waals surface area contributed by atoms with Crippen LogP contribution in [0.15, 0.2) is 66.3 Å². The lowest BCUT2D eigenvalue weighted by atomic mass is 10.1. The van der Waals surface area contributed by atoms with E-state index < -0.39 is 0 Å². The average molecular weight is 323 g/mol. The molecule has 6 heteroatoms. The molecule has 0 saturated heterocycles. The van der Waals surface area contributed by atoms with E-state index in [-0.39, 0.29) is 11.8 Å². The maximum absolute atomic E-state index is 12.4. The predicted molar refractivity (Wildman–Crippen MR) is 90.9 cm³/mol. The van der Waals surface area contributed by atoms with Crippen LogP contribution in [0.3, 0.4) is 0 Å². The van der Waals surface area contributed by atoms with Crippen molar-refractivity contribution in [1.82, 2.24) is 4.98 Å². The SMILES string of the molecule is O=C(Nc1ccccc1C(=O)Nc1cccnc1)c1cccs1. The Hall–Kier alpha value is -2.99. The Labute approximate surface area is 137 Å². The van der Waals surface area contributed by atoms with E-state index in [1.165, 1.54) is 11.3 Å². The van der Waals surface area contributed by atoms with Crippen LogP contribution in [0.25, 0.3) is 0 Å². The number of nitrogens with zero attached hydrogens (tertiary/aromatic N) is 1. The van der Waals surface area contributed by atoms with Gasteiger partial charge < -0.3 is 10.6 Å². The number of carbonyl (C=O) groups is 2. The number of amides is 2. The highest BCUT2D eigenvalue weighted by Crippen LogP contribution is 2.19. The zero-order chi connectivity index (χ0) is 16.1. The van der Waals surface area contributed by atoms with Crippen molar-refractivity contribution in [3.8, 4) is 0 Å². The third-order valence-corrected chi connectivity index (χ3v) is 3.95. The van der Waals surface area contributed by atoms with Crippen molar-refractivity contribution >= 4 is 34.5 Å². The third kappa shape index (κ3) is 3.61. The van der Waals surface area contributed by atoms with Crippen molar-refractivity contribution in [2.24, 2.45) is 0 Å². The van der Waals surface area contributed by atoms with E-state index in [4.69, 9.17) is 0 Å². The fourth-order valence-electron chi connectivity index (χ4n) is 2.02. The summed E-state index contributed by atoms with van der Waals surface area (Å²) in [5, 5.41) is 7.36. The third-order valence-electron chi connectivity index (χ3n) is 3.08. The van der Waals surface area contributed by atoms with Gasteiger partial charge in [-0.2, -0.15) is 0 Å². The van der Waals surface area contributed by atoms with Crippen molar-refractivity contribution in [1.29, 1.82) is 0 Å². The second-order valence-corrected chi connectivity index (χ2v) is 5.62. The number of rotatable bonds is 4. The number of para-hydroxylation sites is 1. The lowest BCUT2D eigenvalue weighted by molar-refractivity contribution is 0.102. The molecular weight excluding hydrogens is 310 g/mol. The van der Waals surface area contributed by atoms with Crippen molar-refractivity contribution in [3.05, 3.63) is 76.7 Å². The van der Waals surface area contributed by atoms with Gasteiger partial charge in [0.15, 0.2) is 0 Å². The van der Waals surface area contributed by atoms with Crippen LogP contribution in [0.5, 0.6) is 0 Å². The van der Waals surface area contributed by atoms with Crippen molar-refractivity contribution in [2.75, 3.05) is 10.6 Å². The molecule has 5 nitrogen and oxygen atoms in total. The Morgan fingerprint density at radius 2 is 1.78 bits per heavy atom. The highest BCUT2D eigenvalue weighted by Gasteiger charge is 2.14. The Balaban J connectivity index is 1.80. The molecule has 23 heavy (non-hydrogen) atoms. The maximum atomic E-state index is 12.4. The number of hydrogen-bond donors (Lipinski definition) is 2. The maximum Gasteiger partial charge on any atom is 0.265 e. The summed E-state index contributed by atoms with van der Waals surface area (Å²) in [7, 11) is 0. The quantitative estimate of drug-likeness (QED) is 0.770. The molecule has 1 aromatic carbocycles. The smallest absolute Gasteiger partial charge is 0.265 e. The number of hydrogen-bond acceptors (Lipinski definition) is 4. The van der Waals surface area contributed by atoms with Gasteiger partial charge in [0.1, 0.15) is 0 Å². The summed E-state index contributed by atoms with van der Waals surface area (Å²) in [5.74, 6) is -0.540. The van der Waals surface area contributed by atoms with Gasteiger partial charge in [-0.05, 0) is 35.7 Å². The van der Waals surface area contributed by atoms with E-state index in [0.29, 0.717) is 21.8 Å². The summed E-state index contributed by atoms with van der Waals surface area (Å²) in [5.41, 5.74) is 1.45. The van der Waals surface area contributed by atoms with Gasteiger partial charge in [0, 0.05) is 6.20 Å². The number of thiophene rings is 1. The van der Waals surface area contributed by atoms with Gasteiger partial charge in [-0.3, -0.25) is 14.6 Å². The molecule has 0 spiro atoms. The van der Waals surface area contributed by atoms with Crippen LogP contribution < -0.4 is 10.6 Å². The number of benzene rings is 1. The van der Waals surface area contributed by atoms with Crippen LogP contribution in [0.1, 0.15) is 20.0 Å². The van der Waals surface area contributed by atoms with Gasteiger partial charge in [0.25, 0.3) is 11.8 Å². The number of carbonyl (C=O) groups excluding carboxylic acids is 2. The van der Waals surface area contributed by atoms with E-state index in [1.54, 1.807) is 60.9 Å². The monoisotopic (exact) mass is 323 g/mol. The average Bonchev–Trinajstić information content (AvgIpc) is 3.11. The molecule has 0 saturated carbocycles. The summed E-state index contributed by atoms with van der Waals surface area (Å²) >= 11 is 1.35. The van der Waals surface area contributed by atoms with Gasteiger partial charge in [0.2, 0.25) is 0 Å². The number of anilines is 2. The first-order valence-corrected chi connectivity index (χ1v) is 7.77. The number of aromatic nitrogens is 1. The zero-order valence-electron chi connectivity index (χ0n) is 12.0. The molecule has 0 fully saturated rings. The molecular formula is C17H13N3O2S. The molecule has 2 heterocycles. The second-order valence-electron chi connectivity index (χ2n) is 4.67. The topological polar surface area (TPSA) is 71.1 Å². The van der Waals surface area contributed by atoms with Crippen LogP contribution in [0, 0.1) is 0 Å². The van der Waals surface area contributed by atoms with Crippen molar-refractivity contribution in [3.63, 3.8) is 0 Å². The van der Waals surface area contributed by atoms with E-state index in [1.807, 2.05) is 5.38 Å². The van der Waals surface area contributed by atoms with Crippen LogP contribution >= 0.6 is 11.3 Å². The Morgan fingerprint density at radius 1 is 0.913 bits per heavy atom. The van der Waals surface area contributed by atoms with Crippen LogP contribution in [0.4, 0.5) is 11.4 Å². The summed E-state index contributed by atoms with van der Waals surface area (Å²) < 4.78 is 0. The minimum atomic E-state index is -0.305. The molecule has 3 aromatic rings. The highest BCUT2D eigenvalue weighted by atomic mass is 32.1. The number of nitrogens with one attached hydrogen (secondary N) is 2. The lowest BCUT2D eigenvalue weighted by Crippen LogP contribution is -2.17. The lowest BCUT2D eigenvalue weighted by Gasteiger charge is -2.10. The van der Waals surface area contributed by atoms with Gasteiger partial charge in [-0.25, -0.2) is 0 Å². The molecule has 0 radical (unpaired) electrons. The molecule has 0 aliphatic carbocycles. The zero-order valence-corrected chi connectivity index (χ0v) is 12.8. The first-order valence-electron chi connectivity index (χ1n) is 6.89. The molecule has 0 unspecified atom stereocenters. The standard InChI is InChI=1S/C17H13N3O2S/c21-16(19-12-5-3-9-18-11-12)13-6-1-2-7-14(13)20-17(22)15-8-4-10-23-15/h1-11H,(H,19,21)(H,20,22). The van der Waals surface area contributed by atoms with Gasteiger partial charge in [-0.1, -0.05) is 18.2 Å². The molecule has 0 bridgehead atoms. The molecule has 0 atom stereocenters. The van der Waals surface area contributed by atoms with Crippen LogP contribution in [-0.2, 0) is 0 Å². The van der Waals surface area contributed by atoms with Crippen molar-refractivity contribution in [2.45, 2.75) is 0 Å².